The third-order valence-corrected chi connectivity index (χ3v) is 4.34. The molecule has 7 heteroatoms. The number of rotatable bonds is 2. The molecule has 0 saturated carbocycles. The van der Waals surface area contributed by atoms with E-state index in [1.54, 1.807) is 42.6 Å². The van der Waals surface area contributed by atoms with Gasteiger partial charge in [0.25, 0.3) is 0 Å². The van der Waals surface area contributed by atoms with Gasteiger partial charge in [0.05, 0.1) is 5.69 Å². The molecule has 1 aliphatic rings. The molecule has 22 heavy (non-hydrogen) atoms. The van der Waals surface area contributed by atoms with Crippen molar-refractivity contribution in [3.8, 4) is 0 Å². The summed E-state index contributed by atoms with van der Waals surface area (Å²) in [4.78, 5) is 17.8. The van der Waals surface area contributed by atoms with Crippen LogP contribution in [0.5, 0.6) is 0 Å². The third-order valence-electron chi connectivity index (χ3n) is 3.27. The summed E-state index contributed by atoms with van der Waals surface area (Å²) in [5.41, 5.74) is 1.62. The number of hydrogen-bond acceptors (Lipinski definition) is 7. The van der Waals surface area contributed by atoms with E-state index in [1.807, 2.05) is 18.2 Å². The maximum atomic E-state index is 10.4. The lowest BCUT2D eigenvalue weighted by Crippen LogP contribution is -2.07. The molecule has 3 aromatic rings. The van der Waals surface area contributed by atoms with Crippen LogP contribution in [0.25, 0.3) is 0 Å². The Labute approximate surface area is 130 Å². The molecule has 0 radical (unpaired) electrons. The lowest BCUT2D eigenvalue weighted by Gasteiger charge is -2.20. The Bertz CT molecular complexity index is 827. The maximum absolute atomic E-state index is 10.4. The van der Waals surface area contributed by atoms with Gasteiger partial charge < -0.3 is 10.4 Å². The van der Waals surface area contributed by atoms with E-state index >= 15 is 0 Å². The molecule has 1 atom stereocenters. The van der Waals surface area contributed by atoms with E-state index in [1.165, 1.54) is 0 Å². The van der Waals surface area contributed by atoms with Crippen LogP contribution in [0.1, 0.15) is 17.5 Å². The molecule has 2 aromatic heterocycles. The van der Waals surface area contributed by atoms with E-state index < -0.39 is 6.10 Å². The fourth-order valence-electron chi connectivity index (χ4n) is 2.22. The number of aliphatic hydroxyl groups excluding tert-OH is 1. The molecule has 0 spiro atoms. The van der Waals surface area contributed by atoms with E-state index in [-0.39, 0.29) is 0 Å². The molecule has 1 aromatic carbocycles. The number of benzene rings is 1. The van der Waals surface area contributed by atoms with Crippen molar-refractivity contribution in [3.63, 3.8) is 0 Å². The molecule has 0 aliphatic carbocycles. The van der Waals surface area contributed by atoms with E-state index in [9.17, 15) is 5.11 Å². The Hall–Kier alpha value is -2.51. The van der Waals surface area contributed by atoms with E-state index in [4.69, 9.17) is 0 Å². The Balaban J connectivity index is 1.69. The topological polar surface area (TPSA) is 83.8 Å². The summed E-state index contributed by atoms with van der Waals surface area (Å²) in [6.07, 6.45) is 5.69. The molecule has 3 heterocycles. The van der Waals surface area contributed by atoms with Crippen LogP contribution in [0, 0.1) is 0 Å². The van der Waals surface area contributed by atoms with Crippen LogP contribution in [-0.4, -0.2) is 25.0 Å². The van der Waals surface area contributed by atoms with Gasteiger partial charge in [0, 0.05) is 29.7 Å². The molecule has 0 bridgehead atoms. The molecule has 0 saturated heterocycles. The minimum atomic E-state index is -0.860. The fraction of sp³-hybridized carbons (Fsp3) is 0.0667. The van der Waals surface area contributed by atoms with Gasteiger partial charge in [0.1, 0.15) is 11.1 Å². The first-order chi connectivity index (χ1) is 10.8. The Morgan fingerprint density at radius 2 is 1.82 bits per heavy atom. The maximum Gasteiger partial charge on any atom is 0.163 e. The molecule has 0 amide bonds. The molecule has 108 valence electrons. The second-order valence-corrected chi connectivity index (χ2v) is 5.73. The summed E-state index contributed by atoms with van der Waals surface area (Å²) in [6.45, 7) is 0. The number of anilines is 2. The van der Waals surface area contributed by atoms with Crippen molar-refractivity contribution in [1.82, 2.24) is 19.9 Å². The number of nitrogens with zero attached hydrogens (tertiary/aromatic N) is 4. The Morgan fingerprint density at radius 3 is 2.68 bits per heavy atom. The van der Waals surface area contributed by atoms with Crippen LogP contribution < -0.4 is 5.32 Å². The van der Waals surface area contributed by atoms with Crippen LogP contribution in [-0.2, 0) is 0 Å². The van der Waals surface area contributed by atoms with Crippen molar-refractivity contribution < 1.29 is 5.11 Å². The summed E-state index contributed by atoms with van der Waals surface area (Å²) < 4.78 is 0. The molecule has 1 unspecified atom stereocenters. The van der Waals surface area contributed by atoms with E-state index in [0.29, 0.717) is 5.82 Å². The zero-order valence-corrected chi connectivity index (χ0v) is 12.2. The highest BCUT2D eigenvalue weighted by atomic mass is 32.2. The average molecular weight is 309 g/mol. The summed E-state index contributed by atoms with van der Waals surface area (Å²) in [5, 5.41) is 14.5. The van der Waals surface area contributed by atoms with Gasteiger partial charge in [0.2, 0.25) is 0 Å². The number of nitrogens with one attached hydrogen (secondary N) is 1. The number of hydrogen-bond donors (Lipinski definition) is 2. The van der Waals surface area contributed by atoms with Crippen molar-refractivity contribution >= 4 is 23.3 Å². The smallest absolute Gasteiger partial charge is 0.163 e. The van der Waals surface area contributed by atoms with Gasteiger partial charge in [0.15, 0.2) is 11.6 Å². The SMILES string of the molecule is OC(c1ccc2c(c1)Nc1nccnc1S2)c1ncccn1. The first-order valence-electron chi connectivity index (χ1n) is 6.66. The number of fused-ring (bicyclic) bond motifs is 2. The highest BCUT2D eigenvalue weighted by Gasteiger charge is 2.20. The van der Waals surface area contributed by atoms with Crippen molar-refractivity contribution in [2.45, 2.75) is 16.0 Å². The molecular formula is C15H11N5OS. The predicted molar refractivity (Wildman–Crippen MR) is 82.0 cm³/mol. The number of aromatic nitrogens is 4. The first kappa shape index (κ1) is 13.2. The third kappa shape index (κ3) is 2.30. The quantitative estimate of drug-likeness (QED) is 0.588. The number of aliphatic hydroxyl groups is 1. The van der Waals surface area contributed by atoms with Crippen LogP contribution >= 0.6 is 11.8 Å². The van der Waals surface area contributed by atoms with Gasteiger partial charge in [-0.25, -0.2) is 19.9 Å². The zero-order valence-electron chi connectivity index (χ0n) is 11.3. The van der Waals surface area contributed by atoms with Crippen molar-refractivity contribution in [2.24, 2.45) is 0 Å². The van der Waals surface area contributed by atoms with Crippen molar-refractivity contribution in [3.05, 3.63) is 60.4 Å². The normalized spacial score (nSPS) is 13.7. The Kier molecular flexibility index (Phi) is 3.21. The minimum Gasteiger partial charge on any atom is -0.380 e. The lowest BCUT2D eigenvalue weighted by atomic mass is 10.1. The van der Waals surface area contributed by atoms with Crippen LogP contribution in [0.4, 0.5) is 11.5 Å². The molecular weight excluding hydrogens is 298 g/mol. The fourth-order valence-corrected chi connectivity index (χ4v) is 3.10. The highest BCUT2D eigenvalue weighted by Crippen LogP contribution is 2.42. The first-order valence-corrected chi connectivity index (χ1v) is 7.48. The highest BCUT2D eigenvalue weighted by molar-refractivity contribution is 7.99. The van der Waals surface area contributed by atoms with Gasteiger partial charge in [-0.15, -0.1) is 0 Å². The summed E-state index contributed by atoms with van der Waals surface area (Å²) in [7, 11) is 0. The van der Waals surface area contributed by atoms with E-state index in [0.717, 1.165) is 27.0 Å². The van der Waals surface area contributed by atoms with Gasteiger partial charge in [-0.05, 0) is 23.8 Å². The molecule has 4 rings (SSSR count). The lowest BCUT2D eigenvalue weighted by molar-refractivity contribution is 0.210. The van der Waals surface area contributed by atoms with Crippen LogP contribution in [0.15, 0.2) is 59.0 Å². The van der Waals surface area contributed by atoms with Crippen molar-refractivity contribution in [1.29, 1.82) is 0 Å². The van der Waals surface area contributed by atoms with E-state index in [2.05, 4.69) is 25.3 Å². The second kappa shape index (κ2) is 5.36. The molecule has 6 nitrogen and oxygen atoms in total. The van der Waals surface area contributed by atoms with Gasteiger partial charge in [-0.2, -0.15) is 0 Å². The standard InChI is InChI=1S/C15H11N5OS/c21-12(13-16-4-1-5-17-13)9-2-3-11-10(8-9)20-14-15(22-11)19-7-6-18-14/h1-8,12,21H,(H,18,20). The minimum absolute atomic E-state index is 0.381. The summed E-state index contributed by atoms with van der Waals surface area (Å²) >= 11 is 1.55. The second-order valence-electron chi connectivity index (χ2n) is 4.70. The van der Waals surface area contributed by atoms with Crippen LogP contribution in [0.3, 0.4) is 0 Å². The van der Waals surface area contributed by atoms with Gasteiger partial charge >= 0.3 is 0 Å². The van der Waals surface area contributed by atoms with Gasteiger partial charge in [-0.3, -0.25) is 0 Å². The van der Waals surface area contributed by atoms with Crippen LogP contribution in [0.2, 0.25) is 0 Å². The predicted octanol–water partition coefficient (Wildman–Crippen LogP) is 2.56. The van der Waals surface area contributed by atoms with Crippen molar-refractivity contribution in [2.75, 3.05) is 5.32 Å². The molecule has 2 N–H and O–H groups in total. The largest absolute Gasteiger partial charge is 0.380 e. The van der Waals surface area contributed by atoms with Gasteiger partial charge in [-0.1, -0.05) is 17.8 Å². The zero-order chi connectivity index (χ0) is 14.9. The molecule has 1 aliphatic heterocycles. The summed E-state index contributed by atoms with van der Waals surface area (Å²) in [6, 6.07) is 7.43. The Morgan fingerprint density at radius 1 is 1.00 bits per heavy atom. The molecule has 0 fully saturated rings. The summed E-state index contributed by atoms with van der Waals surface area (Å²) in [5.74, 6) is 1.11. The monoisotopic (exact) mass is 309 g/mol. The average Bonchev–Trinajstić information content (AvgIpc) is 2.59.